The summed E-state index contributed by atoms with van der Waals surface area (Å²) < 4.78 is 11.2. The highest BCUT2D eigenvalue weighted by Gasteiger charge is 2.37. The number of morpholine rings is 1. The van der Waals surface area contributed by atoms with E-state index in [1.807, 2.05) is 0 Å². The predicted molar refractivity (Wildman–Crippen MR) is 50.8 cm³/mol. The lowest BCUT2D eigenvalue weighted by atomic mass is 9.86. The Kier molecular flexibility index (Phi) is 2.86. The van der Waals surface area contributed by atoms with Crippen LogP contribution in [-0.4, -0.2) is 38.0 Å². The standard InChI is InChI=1S/C10H19NO2/c1-2-9-7-10(3-5-13-9)8-12-6-4-11-10/h9,11H,2-8H2,1H3. The van der Waals surface area contributed by atoms with Gasteiger partial charge >= 0.3 is 0 Å². The van der Waals surface area contributed by atoms with Crippen molar-refractivity contribution in [3.05, 3.63) is 0 Å². The van der Waals surface area contributed by atoms with Crippen LogP contribution in [0.4, 0.5) is 0 Å². The van der Waals surface area contributed by atoms with Crippen LogP contribution in [-0.2, 0) is 9.47 Å². The highest BCUT2D eigenvalue weighted by molar-refractivity contribution is 4.94. The maximum absolute atomic E-state index is 5.66. The summed E-state index contributed by atoms with van der Waals surface area (Å²) >= 11 is 0. The van der Waals surface area contributed by atoms with Crippen molar-refractivity contribution in [2.75, 3.05) is 26.4 Å². The molecule has 0 aliphatic carbocycles. The van der Waals surface area contributed by atoms with Gasteiger partial charge in [0.05, 0.1) is 19.3 Å². The third-order valence-electron chi connectivity index (χ3n) is 3.13. The lowest BCUT2D eigenvalue weighted by Gasteiger charge is -2.43. The number of hydrogen-bond donors (Lipinski definition) is 1. The Morgan fingerprint density at radius 3 is 3.08 bits per heavy atom. The average Bonchev–Trinajstić information content (AvgIpc) is 2.19. The number of ether oxygens (including phenoxy) is 2. The number of hydrogen-bond acceptors (Lipinski definition) is 3. The van der Waals surface area contributed by atoms with E-state index in [0.29, 0.717) is 6.10 Å². The Hall–Kier alpha value is -0.120. The van der Waals surface area contributed by atoms with E-state index in [-0.39, 0.29) is 5.54 Å². The summed E-state index contributed by atoms with van der Waals surface area (Å²) in [6.07, 6.45) is 3.76. The molecule has 2 aliphatic rings. The molecule has 0 aromatic rings. The van der Waals surface area contributed by atoms with Crippen molar-refractivity contribution in [2.24, 2.45) is 0 Å². The van der Waals surface area contributed by atoms with Crippen LogP contribution in [0.15, 0.2) is 0 Å². The van der Waals surface area contributed by atoms with E-state index in [4.69, 9.17) is 9.47 Å². The third-order valence-corrected chi connectivity index (χ3v) is 3.13. The minimum atomic E-state index is 0.233. The quantitative estimate of drug-likeness (QED) is 0.659. The molecule has 1 N–H and O–H groups in total. The van der Waals surface area contributed by atoms with Crippen LogP contribution in [0.1, 0.15) is 26.2 Å². The lowest BCUT2D eigenvalue weighted by molar-refractivity contribution is -0.0748. The fourth-order valence-electron chi connectivity index (χ4n) is 2.28. The molecule has 2 heterocycles. The van der Waals surface area contributed by atoms with Gasteiger partial charge in [-0.2, -0.15) is 0 Å². The maximum atomic E-state index is 5.66. The first kappa shape index (κ1) is 9.44. The summed E-state index contributed by atoms with van der Waals surface area (Å²) in [5.41, 5.74) is 0.233. The van der Waals surface area contributed by atoms with Crippen LogP contribution in [0.3, 0.4) is 0 Å². The maximum Gasteiger partial charge on any atom is 0.0650 e. The topological polar surface area (TPSA) is 30.5 Å². The van der Waals surface area contributed by atoms with Crippen molar-refractivity contribution < 1.29 is 9.47 Å². The molecule has 2 fully saturated rings. The zero-order valence-electron chi connectivity index (χ0n) is 8.34. The molecule has 2 rings (SSSR count). The third kappa shape index (κ3) is 2.03. The number of rotatable bonds is 1. The van der Waals surface area contributed by atoms with Gasteiger partial charge < -0.3 is 14.8 Å². The molecule has 2 atom stereocenters. The van der Waals surface area contributed by atoms with Crippen molar-refractivity contribution in [3.8, 4) is 0 Å². The summed E-state index contributed by atoms with van der Waals surface area (Å²) in [5.74, 6) is 0. The molecular weight excluding hydrogens is 166 g/mol. The van der Waals surface area contributed by atoms with Gasteiger partial charge in [-0.25, -0.2) is 0 Å². The van der Waals surface area contributed by atoms with Gasteiger partial charge in [0, 0.05) is 18.7 Å². The summed E-state index contributed by atoms with van der Waals surface area (Å²) in [7, 11) is 0. The summed E-state index contributed by atoms with van der Waals surface area (Å²) in [6, 6.07) is 0. The predicted octanol–water partition coefficient (Wildman–Crippen LogP) is 0.934. The van der Waals surface area contributed by atoms with Gasteiger partial charge in [-0.05, 0) is 19.3 Å². The molecule has 13 heavy (non-hydrogen) atoms. The van der Waals surface area contributed by atoms with E-state index in [1.54, 1.807) is 0 Å². The van der Waals surface area contributed by atoms with Gasteiger partial charge in [0.15, 0.2) is 0 Å². The smallest absolute Gasteiger partial charge is 0.0650 e. The molecule has 2 unspecified atom stereocenters. The van der Waals surface area contributed by atoms with Crippen LogP contribution in [0.25, 0.3) is 0 Å². The van der Waals surface area contributed by atoms with Crippen LogP contribution >= 0.6 is 0 Å². The van der Waals surface area contributed by atoms with E-state index in [9.17, 15) is 0 Å². The zero-order valence-corrected chi connectivity index (χ0v) is 8.34. The Bertz CT molecular complexity index is 161. The van der Waals surface area contributed by atoms with E-state index in [2.05, 4.69) is 12.2 Å². The first-order valence-corrected chi connectivity index (χ1v) is 5.29. The van der Waals surface area contributed by atoms with Gasteiger partial charge in [-0.3, -0.25) is 0 Å². The second-order valence-corrected chi connectivity index (χ2v) is 4.11. The van der Waals surface area contributed by atoms with Crippen LogP contribution < -0.4 is 5.32 Å². The average molecular weight is 185 g/mol. The zero-order chi connectivity index (χ0) is 9.15. The molecule has 3 heteroatoms. The lowest BCUT2D eigenvalue weighted by Crippen LogP contribution is -2.58. The molecule has 2 saturated heterocycles. The first-order valence-electron chi connectivity index (χ1n) is 5.29. The minimum absolute atomic E-state index is 0.233. The van der Waals surface area contributed by atoms with Gasteiger partial charge in [-0.15, -0.1) is 0 Å². The van der Waals surface area contributed by atoms with Crippen molar-refractivity contribution >= 4 is 0 Å². The molecule has 3 nitrogen and oxygen atoms in total. The van der Waals surface area contributed by atoms with Crippen molar-refractivity contribution in [1.82, 2.24) is 5.32 Å². The van der Waals surface area contributed by atoms with E-state index in [1.165, 1.54) is 0 Å². The first-order chi connectivity index (χ1) is 6.35. The molecule has 0 bridgehead atoms. The SMILES string of the molecule is CCC1CC2(CCO1)COCCN2. The van der Waals surface area contributed by atoms with Crippen molar-refractivity contribution in [2.45, 2.75) is 37.8 Å². The van der Waals surface area contributed by atoms with Gasteiger partial charge in [0.2, 0.25) is 0 Å². The normalized spacial score (nSPS) is 40.8. The summed E-state index contributed by atoms with van der Waals surface area (Å²) in [5, 5.41) is 3.59. The highest BCUT2D eigenvalue weighted by atomic mass is 16.5. The van der Waals surface area contributed by atoms with Crippen molar-refractivity contribution in [3.63, 3.8) is 0 Å². The molecule has 2 aliphatic heterocycles. The summed E-state index contributed by atoms with van der Waals surface area (Å²) in [4.78, 5) is 0. The number of nitrogens with one attached hydrogen (secondary N) is 1. The molecule has 1 spiro atoms. The monoisotopic (exact) mass is 185 g/mol. The van der Waals surface area contributed by atoms with Crippen molar-refractivity contribution in [1.29, 1.82) is 0 Å². The Balaban J connectivity index is 1.95. The van der Waals surface area contributed by atoms with Gasteiger partial charge in [-0.1, -0.05) is 6.92 Å². The highest BCUT2D eigenvalue weighted by Crippen LogP contribution is 2.28. The van der Waals surface area contributed by atoms with Crippen LogP contribution in [0.5, 0.6) is 0 Å². The molecule has 0 aromatic heterocycles. The van der Waals surface area contributed by atoms with E-state index < -0.39 is 0 Å². The van der Waals surface area contributed by atoms with Crippen LogP contribution in [0, 0.1) is 0 Å². The minimum Gasteiger partial charge on any atom is -0.378 e. The molecular formula is C10H19NO2. The molecule has 0 radical (unpaired) electrons. The second kappa shape index (κ2) is 3.95. The van der Waals surface area contributed by atoms with Gasteiger partial charge in [0.1, 0.15) is 0 Å². The fourth-order valence-corrected chi connectivity index (χ4v) is 2.28. The molecule has 0 amide bonds. The molecule has 76 valence electrons. The largest absolute Gasteiger partial charge is 0.378 e. The second-order valence-electron chi connectivity index (χ2n) is 4.11. The molecule has 0 saturated carbocycles. The van der Waals surface area contributed by atoms with Gasteiger partial charge in [0.25, 0.3) is 0 Å². The van der Waals surface area contributed by atoms with Crippen LogP contribution in [0.2, 0.25) is 0 Å². The Morgan fingerprint density at radius 2 is 2.38 bits per heavy atom. The fraction of sp³-hybridized carbons (Fsp3) is 1.00. The van der Waals surface area contributed by atoms with E-state index >= 15 is 0 Å². The van der Waals surface area contributed by atoms with E-state index in [0.717, 1.165) is 45.6 Å². The molecule has 0 aromatic carbocycles. The summed E-state index contributed by atoms with van der Waals surface area (Å²) in [6.45, 7) is 5.80. The Labute approximate surface area is 79.8 Å². The Morgan fingerprint density at radius 1 is 1.46 bits per heavy atom.